The number of aromatic nitrogens is 2. The van der Waals surface area contributed by atoms with E-state index in [1.54, 1.807) is 13.1 Å². The summed E-state index contributed by atoms with van der Waals surface area (Å²) in [5, 5.41) is 9.99. The van der Waals surface area contributed by atoms with Gasteiger partial charge in [-0.3, -0.25) is 9.59 Å². The summed E-state index contributed by atoms with van der Waals surface area (Å²) in [5.41, 5.74) is -0.0179. The zero-order valence-electron chi connectivity index (χ0n) is 13.3. The molecule has 1 aromatic heterocycles. The van der Waals surface area contributed by atoms with Gasteiger partial charge in [-0.25, -0.2) is 4.68 Å². The quantitative estimate of drug-likeness (QED) is 0.865. The van der Waals surface area contributed by atoms with Crippen LogP contribution in [0.3, 0.4) is 0 Å². The Morgan fingerprint density at radius 2 is 1.90 bits per heavy atom. The van der Waals surface area contributed by atoms with Crippen molar-refractivity contribution in [3.8, 4) is 0 Å². The average molecular weight is 359 g/mol. The largest absolute Gasteiger partial charge is 0.372 e. The smallest absolute Gasteiger partial charge is 0.283 e. The zero-order valence-corrected chi connectivity index (χ0v) is 14.9. The summed E-state index contributed by atoms with van der Waals surface area (Å²) in [5.74, 6) is -0.137. The number of nitrogens with zero attached hydrogens (tertiary/aromatic N) is 2. The van der Waals surface area contributed by atoms with Crippen molar-refractivity contribution in [2.75, 3.05) is 5.32 Å². The number of hydrogen-bond acceptors (Lipinski definition) is 4. The fraction of sp³-hybridized carbons (Fsp3) is 0.643. The van der Waals surface area contributed by atoms with Crippen LogP contribution in [0.1, 0.15) is 47.6 Å². The molecule has 0 bridgehead atoms. The van der Waals surface area contributed by atoms with Gasteiger partial charge in [0.1, 0.15) is 10.5 Å². The second-order valence-corrected chi connectivity index (χ2v) is 7.11. The molecule has 0 radical (unpaired) electrons. The Morgan fingerprint density at radius 3 is 2.38 bits per heavy atom. The van der Waals surface area contributed by atoms with Gasteiger partial charge in [0.15, 0.2) is 0 Å². The maximum Gasteiger partial charge on any atom is 0.283 e. The molecule has 0 saturated heterocycles. The lowest BCUT2D eigenvalue weighted by molar-refractivity contribution is -0.122. The van der Waals surface area contributed by atoms with E-state index in [-0.39, 0.29) is 23.0 Å². The van der Waals surface area contributed by atoms with E-state index in [1.165, 1.54) is 4.68 Å². The molecule has 0 aromatic carbocycles. The Morgan fingerprint density at radius 1 is 1.33 bits per heavy atom. The summed E-state index contributed by atoms with van der Waals surface area (Å²) in [7, 11) is 0. The first kappa shape index (κ1) is 17.7. The van der Waals surface area contributed by atoms with Crippen LogP contribution in [-0.2, 0) is 4.79 Å². The van der Waals surface area contributed by atoms with Crippen LogP contribution in [0.5, 0.6) is 0 Å². The van der Waals surface area contributed by atoms with Crippen LogP contribution >= 0.6 is 15.9 Å². The normalized spacial score (nSPS) is 13.1. The summed E-state index contributed by atoms with van der Waals surface area (Å²) in [6, 6.07) is -0.499. The SMILES string of the molecule is CC(Nc1cnn(C(C)C)c(=O)c1Br)C(=O)NC(C)(C)C. The van der Waals surface area contributed by atoms with Crippen LogP contribution in [-0.4, -0.2) is 27.3 Å². The Bertz CT molecular complexity index is 575. The number of anilines is 1. The lowest BCUT2D eigenvalue weighted by Crippen LogP contribution is -2.47. The highest BCUT2D eigenvalue weighted by atomic mass is 79.9. The zero-order chi connectivity index (χ0) is 16.4. The van der Waals surface area contributed by atoms with Gasteiger partial charge in [0.25, 0.3) is 5.56 Å². The minimum atomic E-state index is -0.475. The van der Waals surface area contributed by atoms with E-state index in [1.807, 2.05) is 34.6 Å². The van der Waals surface area contributed by atoms with Gasteiger partial charge in [-0.1, -0.05) is 0 Å². The highest BCUT2D eigenvalue weighted by molar-refractivity contribution is 9.10. The third-order valence-corrected chi connectivity index (χ3v) is 3.46. The van der Waals surface area contributed by atoms with Crippen molar-refractivity contribution in [2.24, 2.45) is 0 Å². The molecule has 0 saturated carbocycles. The van der Waals surface area contributed by atoms with E-state index in [4.69, 9.17) is 0 Å². The van der Waals surface area contributed by atoms with Crippen molar-refractivity contribution in [3.05, 3.63) is 21.0 Å². The Labute approximate surface area is 133 Å². The van der Waals surface area contributed by atoms with Crippen molar-refractivity contribution in [1.82, 2.24) is 15.1 Å². The number of amides is 1. The van der Waals surface area contributed by atoms with Gasteiger partial charge in [-0.05, 0) is 57.5 Å². The van der Waals surface area contributed by atoms with Gasteiger partial charge in [-0.15, -0.1) is 0 Å². The third kappa shape index (κ3) is 4.84. The van der Waals surface area contributed by atoms with Crippen LogP contribution < -0.4 is 16.2 Å². The van der Waals surface area contributed by atoms with Gasteiger partial charge in [0, 0.05) is 5.54 Å². The molecular weight excluding hydrogens is 336 g/mol. The van der Waals surface area contributed by atoms with Crippen LogP contribution in [0.15, 0.2) is 15.5 Å². The predicted molar refractivity (Wildman–Crippen MR) is 87.6 cm³/mol. The van der Waals surface area contributed by atoms with Crippen LogP contribution in [0.25, 0.3) is 0 Å². The number of halogens is 1. The first-order chi connectivity index (χ1) is 9.53. The van der Waals surface area contributed by atoms with Gasteiger partial charge < -0.3 is 10.6 Å². The maximum absolute atomic E-state index is 12.1. The minimum Gasteiger partial charge on any atom is -0.372 e. The molecule has 6 nitrogen and oxygen atoms in total. The fourth-order valence-electron chi connectivity index (χ4n) is 1.69. The molecule has 0 aliphatic rings. The lowest BCUT2D eigenvalue weighted by atomic mass is 10.1. The topological polar surface area (TPSA) is 76.0 Å². The predicted octanol–water partition coefficient (Wildman–Crippen LogP) is 2.30. The van der Waals surface area contributed by atoms with Gasteiger partial charge in [0.2, 0.25) is 5.91 Å². The Kier molecular flexibility index (Phi) is 5.55. The highest BCUT2D eigenvalue weighted by Crippen LogP contribution is 2.18. The molecule has 1 atom stereocenters. The Balaban J connectivity index is 2.92. The van der Waals surface area contributed by atoms with Crippen LogP contribution in [0.4, 0.5) is 5.69 Å². The molecule has 2 N–H and O–H groups in total. The van der Waals surface area contributed by atoms with Crippen molar-refractivity contribution < 1.29 is 4.79 Å². The van der Waals surface area contributed by atoms with Gasteiger partial charge in [-0.2, -0.15) is 5.10 Å². The van der Waals surface area contributed by atoms with E-state index in [9.17, 15) is 9.59 Å². The van der Waals surface area contributed by atoms with Crippen molar-refractivity contribution >= 4 is 27.5 Å². The second kappa shape index (κ2) is 6.60. The standard InChI is InChI=1S/C14H23BrN4O2/c1-8(2)19-13(21)11(15)10(7-16-19)17-9(3)12(20)18-14(4,5)6/h7-9,17H,1-6H3,(H,18,20). The van der Waals surface area contributed by atoms with E-state index in [0.717, 1.165) is 0 Å². The second-order valence-electron chi connectivity index (χ2n) is 6.32. The summed E-state index contributed by atoms with van der Waals surface area (Å²) in [6.45, 7) is 11.2. The molecule has 1 aromatic rings. The monoisotopic (exact) mass is 358 g/mol. The molecule has 0 spiro atoms. The molecule has 0 aliphatic heterocycles. The number of nitrogens with one attached hydrogen (secondary N) is 2. The number of hydrogen-bond donors (Lipinski definition) is 2. The molecule has 1 heterocycles. The summed E-state index contributed by atoms with van der Waals surface area (Å²) in [4.78, 5) is 24.2. The lowest BCUT2D eigenvalue weighted by Gasteiger charge is -2.24. The minimum absolute atomic E-state index is 0.0236. The summed E-state index contributed by atoms with van der Waals surface area (Å²) in [6.07, 6.45) is 1.55. The summed E-state index contributed by atoms with van der Waals surface area (Å²) >= 11 is 3.27. The molecule has 1 rings (SSSR count). The number of rotatable bonds is 4. The summed E-state index contributed by atoms with van der Waals surface area (Å²) < 4.78 is 1.76. The molecular formula is C14H23BrN4O2. The van der Waals surface area contributed by atoms with Gasteiger partial charge in [0.05, 0.1) is 17.9 Å². The number of carbonyl (C=O) groups is 1. The van der Waals surface area contributed by atoms with Crippen LogP contribution in [0, 0.1) is 0 Å². The molecule has 0 aliphatic carbocycles. The van der Waals surface area contributed by atoms with E-state index < -0.39 is 6.04 Å². The molecule has 1 amide bonds. The van der Waals surface area contributed by atoms with Crippen molar-refractivity contribution in [2.45, 2.75) is 59.2 Å². The van der Waals surface area contributed by atoms with E-state index >= 15 is 0 Å². The molecule has 0 fully saturated rings. The Hall–Kier alpha value is -1.37. The first-order valence-electron chi connectivity index (χ1n) is 6.89. The van der Waals surface area contributed by atoms with Crippen molar-refractivity contribution in [1.29, 1.82) is 0 Å². The highest BCUT2D eigenvalue weighted by Gasteiger charge is 2.20. The first-order valence-corrected chi connectivity index (χ1v) is 7.68. The van der Waals surface area contributed by atoms with Crippen molar-refractivity contribution in [3.63, 3.8) is 0 Å². The molecule has 21 heavy (non-hydrogen) atoms. The number of carbonyl (C=O) groups excluding carboxylic acids is 1. The fourth-order valence-corrected chi connectivity index (χ4v) is 2.09. The van der Waals surface area contributed by atoms with E-state index in [0.29, 0.717) is 10.2 Å². The van der Waals surface area contributed by atoms with Crippen LogP contribution in [0.2, 0.25) is 0 Å². The molecule has 1 unspecified atom stereocenters. The third-order valence-electron chi connectivity index (χ3n) is 2.70. The van der Waals surface area contributed by atoms with Gasteiger partial charge >= 0.3 is 0 Å². The van der Waals surface area contributed by atoms with E-state index in [2.05, 4.69) is 31.7 Å². The average Bonchev–Trinajstić information content (AvgIpc) is 2.32. The molecule has 118 valence electrons. The molecule has 7 heteroatoms. The maximum atomic E-state index is 12.1.